The Hall–Kier alpha value is -1.06. The quantitative estimate of drug-likeness (QED) is 0.744. The third-order valence-corrected chi connectivity index (χ3v) is 3.48. The number of hydrogen-bond acceptors (Lipinski definition) is 3. The van der Waals surface area contributed by atoms with Crippen LogP contribution in [0.15, 0.2) is 24.3 Å². The Bertz CT molecular complexity index is 333. The van der Waals surface area contributed by atoms with Crippen molar-refractivity contribution in [3.8, 4) is 5.75 Å². The van der Waals surface area contributed by atoms with E-state index in [4.69, 9.17) is 10.5 Å². The van der Waals surface area contributed by atoms with Crippen LogP contribution in [0.4, 0.5) is 0 Å². The van der Waals surface area contributed by atoms with Crippen LogP contribution in [0.25, 0.3) is 0 Å². The zero-order valence-electron chi connectivity index (χ0n) is 12.6. The molecule has 1 atom stereocenters. The molecule has 0 amide bonds. The van der Waals surface area contributed by atoms with Crippen LogP contribution >= 0.6 is 0 Å². The van der Waals surface area contributed by atoms with Crippen molar-refractivity contribution < 1.29 is 4.74 Å². The summed E-state index contributed by atoms with van der Waals surface area (Å²) in [6.07, 6.45) is 2.14. The first kappa shape index (κ1) is 16.0. The van der Waals surface area contributed by atoms with Crippen LogP contribution in [0.5, 0.6) is 5.75 Å². The fourth-order valence-electron chi connectivity index (χ4n) is 2.12. The molecule has 0 fully saturated rings. The molecule has 0 spiro atoms. The van der Waals surface area contributed by atoms with Crippen LogP contribution in [0, 0.1) is 0 Å². The van der Waals surface area contributed by atoms with Crippen molar-refractivity contribution in [3.63, 3.8) is 0 Å². The Morgan fingerprint density at radius 2 is 1.74 bits per heavy atom. The standard InChI is InChI=1S/C16H28N2O/c1-4-7-16(17)14-8-10-15(11-9-14)19-13-12-18(5-2)6-3/h8-11,16H,4-7,12-13,17H2,1-3H3. The summed E-state index contributed by atoms with van der Waals surface area (Å²) in [5.74, 6) is 0.930. The molecule has 0 aliphatic carbocycles. The molecule has 1 aromatic carbocycles. The minimum atomic E-state index is 0.148. The van der Waals surface area contributed by atoms with Gasteiger partial charge in [-0.1, -0.05) is 39.3 Å². The highest BCUT2D eigenvalue weighted by atomic mass is 16.5. The van der Waals surface area contributed by atoms with E-state index in [1.54, 1.807) is 0 Å². The van der Waals surface area contributed by atoms with Crippen molar-refractivity contribution >= 4 is 0 Å². The molecule has 1 unspecified atom stereocenters. The van der Waals surface area contributed by atoms with Gasteiger partial charge in [-0.3, -0.25) is 0 Å². The van der Waals surface area contributed by atoms with E-state index in [0.29, 0.717) is 0 Å². The molecule has 3 nitrogen and oxygen atoms in total. The normalized spacial score (nSPS) is 12.7. The summed E-state index contributed by atoms with van der Waals surface area (Å²) in [7, 11) is 0. The molecule has 1 aromatic rings. The highest BCUT2D eigenvalue weighted by molar-refractivity contribution is 5.29. The summed E-state index contributed by atoms with van der Waals surface area (Å²) in [4.78, 5) is 2.35. The minimum absolute atomic E-state index is 0.148. The number of benzene rings is 1. The van der Waals surface area contributed by atoms with Gasteiger partial charge in [-0.05, 0) is 37.2 Å². The van der Waals surface area contributed by atoms with Gasteiger partial charge in [0, 0.05) is 12.6 Å². The lowest BCUT2D eigenvalue weighted by Gasteiger charge is -2.18. The summed E-state index contributed by atoms with van der Waals surface area (Å²) in [5, 5.41) is 0. The van der Waals surface area contributed by atoms with E-state index in [1.807, 2.05) is 12.1 Å². The number of nitrogens with two attached hydrogens (primary N) is 1. The lowest BCUT2D eigenvalue weighted by atomic mass is 10.0. The van der Waals surface area contributed by atoms with Gasteiger partial charge in [0.1, 0.15) is 12.4 Å². The maximum atomic E-state index is 6.08. The highest BCUT2D eigenvalue weighted by Crippen LogP contribution is 2.19. The summed E-state index contributed by atoms with van der Waals surface area (Å²) < 4.78 is 5.75. The Balaban J connectivity index is 2.40. The van der Waals surface area contributed by atoms with E-state index >= 15 is 0 Å². The summed E-state index contributed by atoms with van der Waals surface area (Å²) >= 11 is 0. The van der Waals surface area contributed by atoms with Crippen molar-refractivity contribution in [1.82, 2.24) is 4.90 Å². The van der Waals surface area contributed by atoms with Crippen molar-refractivity contribution in [3.05, 3.63) is 29.8 Å². The zero-order valence-corrected chi connectivity index (χ0v) is 12.6. The van der Waals surface area contributed by atoms with Gasteiger partial charge in [-0.15, -0.1) is 0 Å². The van der Waals surface area contributed by atoms with Gasteiger partial charge in [0.05, 0.1) is 0 Å². The van der Waals surface area contributed by atoms with Gasteiger partial charge >= 0.3 is 0 Å². The molecule has 19 heavy (non-hydrogen) atoms. The van der Waals surface area contributed by atoms with Crippen LogP contribution in [-0.4, -0.2) is 31.1 Å². The average Bonchev–Trinajstić information content (AvgIpc) is 2.44. The molecule has 3 heteroatoms. The lowest BCUT2D eigenvalue weighted by Crippen LogP contribution is -2.27. The molecule has 0 radical (unpaired) electrons. The molecule has 2 N–H and O–H groups in total. The molecular weight excluding hydrogens is 236 g/mol. The van der Waals surface area contributed by atoms with Crippen LogP contribution in [0.2, 0.25) is 0 Å². The maximum Gasteiger partial charge on any atom is 0.119 e. The van der Waals surface area contributed by atoms with Gasteiger partial charge in [-0.2, -0.15) is 0 Å². The van der Waals surface area contributed by atoms with Crippen LogP contribution in [-0.2, 0) is 0 Å². The van der Waals surface area contributed by atoms with Crippen LogP contribution < -0.4 is 10.5 Å². The Kier molecular flexibility index (Phi) is 7.53. The second-order valence-corrected chi connectivity index (χ2v) is 4.84. The first-order valence-corrected chi connectivity index (χ1v) is 7.41. The third kappa shape index (κ3) is 5.62. The molecule has 0 saturated carbocycles. The molecule has 0 saturated heterocycles. The summed E-state index contributed by atoms with van der Waals surface area (Å²) in [5.41, 5.74) is 7.28. The number of nitrogens with zero attached hydrogens (tertiary/aromatic N) is 1. The zero-order chi connectivity index (χ0) is 14.1. The number of ether oxygens (including phenoxy) is 1. The van der Waals surface area contributed by atoms with Crippen molar-refractivity contribution in [2.75, 3.05) is 26.2 Å². The fraction of sp³-hybridized carbons (Fsp3) is 0.625. The summed E-state index contributed by atoms with van der Waals surface area (Å²) in [6.45, 7) is 10.4. The monoisotopic (exact) mass is 264 g/mol. The van der Waals surface area contributed by atoms with E-state index in [2.05, 4.69) is 37.8 Å². The third-order valence-electron chi connectivity index (χ3n) is 3.48. The SMILES string of the molecule is CCCC(N)c1ccc(OCCN(CC)CC)cc1. The summed E-state index contributed by atoms with van der Waals surface area (Å²) in [6, 6.07) is 8.34. The van der Waals surface area contributed by atoms with Crippen LogP contribution in [0.1, 0.15) is 45.2 Å². The van der Waals surface area contributed by atoms with Crippen LogP contribution in [0.3, 0.4) is 0 Å². The van der Waals surface area contributed by atoms with Gasteiger partial charge < -0.3 is 15.4 Å². The Morgan fingerprint density at radius 3 is 2.26 bits per heavy atom. The largest absolute Gasteiger partial charge is 0.492 e. The highest BCUT2D eigenvalue weighted by Gasteiger charge is 2.05. The first-order chi connectivity index (χ1) is 9.21. The fourth-order valence-corrected chi connectivity index (χ4v) is 2.12. The first-order valence-electron chi connectivity index (χ1n) is 7.41. The topological polar surface area (TPSA) is 38.5 Å². The molecule has 0 aliphatic rings. The van der Waals surface area contributed by atoms with Gasteiger partial charge in [0.2, 0.25) is 0 Å². The number of hydrogen-bond donors (Lipinski definition) is 1. The minimum Gasteiger partial charge on any atom is -0.492 e. The van der Waals surface area contributed by atoms with Crippen molar-refractivity contribution in [2.24, 2.45) is 5.73 Å². The predicted molar refractivity (Wildman–Crippen MR) is 81.6 cm³/mol. The number of likely N-dealkylation sites (N-methyl/N-ethyl adjacent to an activating group) is 1. The number of rotatable bonds is 9. The van der Waals surface area contributed by atoms with Crippen molar-refractivity contribution in [2.45, 2.75) is 39.7 Å². The van der Waals surface area contributed by atoms with Gasteiger partial charge in [0.25, 0.3) is 0 Å². The smallest absolute Gasteiger partial charge is 0.119 e. The van der Waals surface area contributed by atoms with E-state index < -0.39 is 0 Å². The Morgan fingerprint density at radius 1 is 1.11 bits per heavy atom. The molecule has 108 valence electrons. The molecule has 0 heterocycles. The van der Waals surface area contributed by atoms with Gasteiger partial charge in [-0.25, -0.2) is 0 Å². The molecular formula is C16H28N2O. The maximum absolute atomic E-state index is 6.08. The second kappa shape index (κ2) is 8.94. The van der Waals surface area contributed by atoms with Crippen molar-refractivity contribution in [1.29, 1.82) is 0 Å². The van der Waals surface area contributed by atoms with E-state index in [0.717, 1.165) is 44.8 Å². The Labute approximate surface area is 117 Å². The molecule has 0 aromatic heterocycles. The van der Waals surface area contributed by atoms with E-state index in [1.165, 1.54) is 5.56 Å². The van der Waals surface area contributed by atoms with E-state index in [-0.39, 0.29) is 6.04 Å². The average molecular weight is 264 g/mol. The second-order valence-electron chi connectivity index (χ2n) is 4.84. The molecule has 0 bridgehead atoms. The lowest BCUT2D eigenvalue weighted by molar-refractivity contribution is 0.223. The van der Waals surface area contributed by atoms with E-state index in [9.17, 15) is 0 Å². The van der Waals surface area contributed by atoms with Gasteiger partial charge in [0.15, 0.2) is 0 Å². The predicted octanol–water partition coefficient (Wildman–Crippen LogP) is 3.21. The molecule has 1 rings (SSSR count). The molecule has 0 aliphatic heterocycles.